The van der Waals surface area contributed by atoms with Gasteiger partial charge in [0.2, 0.25) is 0 Å². The highest BCUT2D eigenvalue weighted by molar-refractivity contribution is 5.59. The van der Waals surface area contributed by atoms with Crippen LogP contribution in [0.25, 0.3) is 16.9 Å². The number of pyridine rings is 1. The van der Waals surface area contributed by atoms with E-state index in [-0.39, 0.29) is 12.2 Å². The van der Waals surface area contributed by atoms with E-state index in [0.717, 1.165) is 19.9 Å². The molecule has 0 saturated carbocycles. The van der Waals surface area contributed by atoms with Crippen molar-refractivity contribution in [2.45, 2.75) is 32.2 Å². The lowest BCUT2D eigenvalue weighted by atomic mass is 10.1. The average Bonchev–Trinajstić information content (AvgIpc) is 2.98. The van der Waals surface area contributed by atoms with Gasteiger partial charge in [0, 0.05) is 25.1 Å². The van der Waals surface area contributed by atoms with Crippen molar-refractivity contribution < 1.29 is 27.0 Å². The van der Waals surface area contributed by atoms with Crippen LogP contribution in [0.5, 0.6) is 5.88 Å². The molecule has 3 rings (SSSR count). The predicted octanol–water partition coefficient (Wildman–Crippen LogP) is 3.19. The number of hydrogen-bond donors (Lipinski definition) is 0. The highest BCUT2D eigenvalue weighted by atomic mass is 19.4. The van der Waals surface area contributed by atoms with Gasteiger partial charge in [-0.15, -0.1) is 10.2 Å². The first-order chi connectivity index (χ1) is 12.6. The van der Waals surface area contributed by atoms with E-state index in [0.29, 0.717) is 17.2 Å². The number of methoxy groups -OCH3 is 1. The average molecular weight is 385 g/mol. The largest absolute Gasteiger partial charge is 0.460 e. The zero-order chi connectivity index (χ0) is 19.8. The number of aromatic nitrogens is 5. The molecule has 3 heterocycles. The van der Waals surface area contributed by atoms with Crippen molar-refractivity contribution in [1.82, 2.24) is 24.6 Å². The Labute approximate surface area is 151 Å². The Morgan fingerprint density at radius 3 is 2.48 bits per heavy atom. The minimum absolute atomic E-state index is 0.205. The molecular weight excluding hydrogens is 370 g/mol. The summed E-state index contributed by atoms with van der Waals surface area (Å²) in [6, 6.07) is 1.00. The van der Waals surface area contributed by atoms with E-state index < -0.39 is 23.5 Å². The molecule has 0 radical (unpaired) electrons. The Balaban J connectivity index is 1.94. The monoisotopic (exact) mass is 385 g/mol. The number of nitrogens with zero attached hydrogens (tertiary/aromatic N) is 5. The molecule has 0 unspecified atom stereocenters. The molecule has 0 saturated heterocycles. The molecule has 7 nitrogen and oxygen atoms in total. The fourth-order valence-electron chi connectivity index (χ4n) is 2.17. The predicted molar refractivity (Wildman–Crippen MR) is 85.4 cm³/mol. The van der Waals surface area contributed by atoms with Gasteiger partial charge >= 0.3 is 6.18 Å². The Bertz CT molecular complexity index is 971. The smallest absolute Gasteiger partial charge is 0.427 e. The molecule has 0 fully saturated rings. The van der Waals surface area contributed by atoms with Crippen LogP contribution in [0.2, 0.25) is 0 Å². The van der Waals surface area contributed by atoms with Gasteiger partial charge in [-0.25, -0.2) is 9.37 Å². The highest BCUT2D eigenvalue weighted by Crippen LogP contribution is 2.34. The standard InChI is InChI=1S/C16H15F4N5O2/c1-15(2,16(18,19)20)27-14-10(17)4-9(5-22-14)11-7-25-12(6-21-11)23-24-13(25)8-26-3/h4-7H,8H2,1-3H3. The molecule has 144 valence electrons. The number of fused-ring (bicyclic) bond motifs is 1. The number of rotatable bonds is 5. The first kappa shape index (κ1) is 19.0. The second-order valence-electron chi connectivity index (χ2n) is 6.17. The van der Waals surface area contributed by atoms with Crippen LogP contribution >= 0.6 is 0 Å². The van der Waals surface area contributed by atoms with E-state index >= 15 is 0 Å². The molecule has 0 aliphatic heterocycles. The highest BCUT2D eigenvalue weighted by Gasteiger charge is 2.50. The fourth-order valence-corrected chi connectivity index (χ4v) is 2.17. The number of halogens is 4. The lowest BCUT2D eigenvalue weighted by Gasteiger charge is -2.28. The molecule has 3 aromatic heterocycles. The molecule has 0 spiro atoms. The molecule has 0 atom stereocenters. The van der Waals surface area contributed by atoms with Crippen LogP contribution in [-0.2, 0) is 11.3 Å². The van der Waals surface area contributed by atoms with Crippen LogP contribution < -0.4 is 4.74 Å². The Morgan fingerprint density at radius 1 is 1.11 bits per heavy atom. The SMILES string of the molecule is COCc1nnc2cnc(-c3cnc(OC(C)(C)C(F)(F)F)c(F)c3)cn12. The first-order valence-electron chi connectivity index (χ1n) is 7.72. The van der Waals surface area contributed by atoms with Gasteiger partial charge in [0.05, 0.1) is 11.9 Å². The van der Waals surface area contributed by atoms with Crippen LogP contribution in [-0.4, -0.2) is 43.5 Å². The van der Waals surface area contributed by atoms with Gasteiger partial charge in [-0.3, -0.25) is 9.38 Å². The maximum Gasteiger partial charge on any atom is 0.427 e. The Hall–Kier alpha value is -2.82. The van der Waals surface area contributed by atoms with E-state index in [1.54, 1.807) is 10.6 Å². The zero-order valence-electron chi connectivity index (χ0n) is 14.6. The van der Waals surface area contributed by atoms with Gasteiger partial charge in [0.15, 0.2) is 22.9 Å². The molecule has 0 aromatic carbocycles. The summed E-state index contributed by atoms with van der Waals surface area (Å²) in [5.41, 5.74) is -1.54. The molecule has 0 N–H and O–H groups in total. The van der Waals surface area contributed by atoms with Gasteiger partial charge in [-0.05, 0) is 19.9 Å². The van der Waals surface area contributed by atoms with Crippen molar-refractivity contribution in [3.05, 3.63) is 36.3 Å². The van der Waals surface area contributed by atoms with E-state index in [2.05, 4.69) is 20.2 Å². The Morgan fingerprint density at radius 2 is 1.85 bits per heavy atom. The molecule has 11 heteroatoms. The third kappa shape index (κ3) is 3.68. The summed E-state index contributed by atoms with van der Waals surface area (Å²) in [5.74, 6) is -1.27. The summed E-state index contributed by atoms with van der Waals surface area (Å²) in [6.07, 6.45) is -0.519. The second kappa shape index (κ2) is 6.72. The molecule has 0 amide bonds. The molecule has 0 aliphatic carbocycles. The van der Waals surface area contributed by atoms with Crippen LogP contribution in [0.4, 0.5) is 17.6 Å². The van der Waals surface area contributed by atoms with E-state index in [9.17, 15) is 17.6 Å². The van der Waals surface area contributed by atoms with E-state index in [4.69, 9.17) is 9.47 Å². The van der Waals surface area contributed by atoms with Crippen LogP contribution in [0.1, 0.15) is 19.7 Å². The molecule has 0 bridgehead atoms. The van der Waals surface area contributed by atoms with Gasteiger partial charge in [-0.2, -0.15) is 13.2 Å². The van der Waals surface area contributed by atoms with Gasteiger partial charge in [0.25, 0.3) is 5.88 Å². The molecule has 27 heavy (non-hydrogen) atoms. The summed E-state index contributed by atoms with van der Waals surface area (Å²) >= 11 is 0. The summed E-state index contributed by atoms with van der Waals surface area (Å²) in [4.78, 5) is 7.82. The third-order valence-corrected chi connectivity index (χ3v) is 3.77. The van der Waals surface area contributed by atoms with Crippen molar-refractivity contribution >= 4 is 5.65 Å². The number of hydrogen-bond acceptors (Lipinski definition) is 6. The summed E-state index contributed by atoms with van der Waals surface area (Å²) in [6.45, 7) is 1.79. The van der Waals surface area contributed by atoms with Crippen molar-refractivity contribution in [1.29, 1.82) is 0 Å². The van der Waals surface area contributed by atoms with Gasteiger partial charge < -0.3 is 9.47 Å². The third-order valence-electron chi connectivity index (χ3n) is 3.77. The van der Waals surface area contributed by atoms with Crippen molar-refractivity contribution in [3.8, 4) is 17.1 Å². The maximum atomic E-state index is 14.3. The van der Waals surface area contributed by atoms with Crippen LogP contribution in [0.15, 0.2) is 24.7 Å². The van der Waals surface area contributed by atoms with E-state index in [1.807, 2.05) is 0 Å². The zero-order valence-corrected chi connectivity index (χ0v) is 14.6. The number of alkyl halides is 3. The number of ether oxygens (including phenoxy) is 2. The summed E-state index contributed by atoms with van der Waals surface area (Å²) in [7, 11) is 1.50. The van der Waals surface area contributed by atoms with Gasteiger partial charge in [0.1, 0.15) is 6.61 Å². The first-order valence-corrected chi connectivity index (χ1v) is 7.72. The maximum absolute atomic E-state index is 14.3. The van der Waals surface area contributed by atoms with Crippen molar-refractivity contribution in [2.75, 3.05) is 7.11 Å². The van der Waals surface area contributed by atoms with Crippen molar-refractivity contribution in [2.24, 2.45) is 0 Å². The summed E-state index contributed by atoms with van der Waals surface area (Å²) in [5, 5.41) is 7.87. The van der Waals surface area contributed by atoms with Crippen molar-refractivity contribution in [3.63, 3.8) is 0 Å². The minimum Gasteiger partial charge on any atom is -0.460 e. The van der Waals surface area contributed by atoms with Crippen LogP contribution in [0.3, 0.4) is 0 Å². The quantitative estimate of drug-likeness (QED) is 0.628. The Kier molecular flexibility index (Phi) is 4.72. The molecular formula is C16H15F4N5O2. The van der Waals surface area contributed by atoms with E-state index in [1.165, 1.54) is 19.5 Å². The summed E-state index contributed by atoms with van der Waals surface area (Å²) < 4.78 is 64.3. The fraction of sp³-hybridized carbons (Fsp3) is 0.375. The second-order valence-corrected chi connectivity index (χ2v) is 6.17. The van der Waals surface area contributed by atoms with Crippen LogP contribution in [0, 0.1) is 5.82 Å². The normalized spacial score (nSPS) is 12.6. The lowest BCUT2D eigenvalue weighted by Crippen LogP contribution is -2.45. The van der Waals surface area contributed by atoms with Gasteiger partial charge in [-0.1, -0.05) is 0 Å². The molecule has 3 aromatic rings. The lowest BCUT2D eigenvalue weighted by molar-refractivity contribution is -0.235. The topological polar surface area (TPSA) is 74.4 Å². The minimum atomic E-state index is -4.68. The molecule has 0 aliphatic rings.